The number of benzene rings is 1. The van der Waals surface area contributed by atoms with E-state index in [4.69, 9.17) is 17.3 Å². The molecule has 2 rings (SSSR count). The van der Waals surface area contributed by atoms with Crippen LogP contribution in [-0.4, -0.2) is 9.78 Å². The van der Waals surface area contributed by atoms with Crippen molar-refractivity contribution in [3.8, 4) is 0 Å². The fourth-order valence-electron chi connectivity index (χ4n) is 1.47. The molecule has 0 aliphatic carbocycles. The molecule has 0 spiro atoms. The Labute approximate surface area is 93.5 Å². The minimum absolute atomic E-state index is 0.218. The maximum absolute atomic E-state index is 6.06. The van der Waals surface area contributed by atoms with Gasteiger partial charge in [-0.3, -0.25) is 4.68 Å². The third-order valence-corrected chi connectivity index (χ3v) is 2.50. The number of aryl methyl sites for hydroxylation is 1. The van der Waals surface area contributed by atoms with Crippen molar-refractivity contribution >= 4 is 11.6 Å². The van der Waals surface area contributed by atoms with Crippen LogP contribution in [0.2, 0.25) is 5.02 Å². The average Bonchev–Trinajstić information content (AvgIpc) is 2.64. The number of nitrogens with zero attached hydrogens (tertiary/aromatic N) is 2. The van der Waals surface area contributed by atoms with Gasteiger partial charge in [-0.05, 0) is 23.8 Å². The summed E-state index contributed by atoms with van der Waals surface area (Å²) in [5.74, 6) is 0. The molecular formula is C11H12ClN3. The highest BCUT2D eigenvalue weighted by Gasteiger charge is 2.11. The standard InChI is InChI=1S/C11H12ClN3/c1-15-6-5-10(14-15)11(13)8-3-2-4-9(12)7-8/h2-7,11H,13H2,1H3. The number of nitrogens with two attached hydrogens (primary N) is 1. The summed E-state index contributed by atoms with van der Waals surface area (Å²) >= 11 is 5.90. The van der Waals surface area contributed by atoms with E-state index >= 15 is 0 Å². The first-order chi connectivity index (χ1) is 7.16. The van der Waals surface area contributed by atoms with Crippen LogP contribution < -0.4 is 5.73 Å². The Bertz CT molecular complexity index is 464. The summed E-state index contributed by atoms with van der Waals surface area (Å²) in [5.41, 5.74) is 7.88. The maximum atomic E-state index is 6.06. The van der Waals surface area contributed by atoms with Crippen LogP contribution >= 0.6 is 11.6 Å². The molecule has 0 amide bonds. The first-order valence-corrected chi connectivity index (χ1v) is 5.05. The summed E-state index contributed by atoms with van der Waals surface area (Å²) in [5, 5.41) is 4.96. The zero-order valence-corrected chi connectivity index (χ0v) is 9.15. The van der Waals surface area contributed by atoms with Crippen molar-refractivity contribution in [2.24, 2.45) is 12.8 Å². The van der Waals surface area contributed by atoms with Crippen molar-refractivity contribution in [3.05, 3.63) is 52.8 Å². The fourth-order valence-corrected chi connectivity index (χ4v) is 1.67. The van der Waals surface area contributed by atoms with Gasteiger partial charge in [0.1, 0.15) is 0 Å². The minimum Gasteiger partial charge on any atom is -0.319 e. The van der Waals surface area contributed by atoms with Gasteiger partial charge < -0.3 is 5.73 Å². The molecule has 1 heterocycles. The van der Waals surface area contributed by atoms with Crippen LogP contribution in [0.3, 0.4) is 0 Å². The zero-order valence-electron chi connectivity index (χ0n) is 8.39. The van der Waals surface area contributed by atoms with Crippen LogP contribution in [0.1, 0.15) is 17.3 Å². The van der Waals surface area contributed by atoms with Crippen LogP contribution in [-0.2, 0) is 7.05 Å². The van der Waals surface area contributed by atoms with Crippen LogP contribution in [0.5, 0.6) is 0 Å². The van der Waals surface area contributed by atoms with E-state index < -0.39 is 0 Å². The van der Waals surface area contributed by atoms with E-state index in [-0.39, 0.29) is 6.04 Å². The second-order valence-electron chi connectivity index (χ2n) is 3.45. The van der Waals surface area contributed by atoms with Gasteiger partial charge >= 0.3 is 0 Å². The lowest BCUT2D eigenvalue weighted by molar-refractivity contribution is 0.716. The SMILES string of the molecule is Cn1ccc(C(N)c2cccc(Cl)c2)n1. The summed E-state index contributed by atoms with van der Waals surface area (Å²) < 4.78 is 1.74. The predicted octanol–water partition coefficient (Wildman–Crippen LogP) is 2.12. The Hall–Kier alpha value is -1.32. The molecule has 0 bridgehead atoms. The normalized spacial score (nSPS) is 12.7. The Balaban J connectivity index is 2.32. The van der Waals surface area contributed by atoms with Crippen LogP contribution in [0, 0.1) is 0 Å². The molecule has 2 aromatic rings. The molecule has 1 aromatic heterocycles. The quantitative estimate of drug-likeness (QED) is 0.844. The minimum atomic E-state index is -0.218. The lowest BCUT2D eigenvalue weighted by atomic mass is 10.1. The summed E-state index contributed by atoms with van der Waals surface area (Å²) in [4.78, 5) is 0. The first kappa shape index (κ1) is 10.2. The molecule has 0 saturated heterocycles. The van der Waals surface area contributed by atoms with Gasteiger partial charge in [-0.25, -0.2) is 0 Å². The molecule has 3 nitrogen and oxygen atoms in total. The molecule has 0 aliphatic heterocycles. The molecule has 0 radical (unpaired) electrons. The van der Waals surface area contributed by atoms with Gasteiger partial charge in [-0.15, -0.1) is 0 Å². The number of hydrogen-bond acceptors (Lipinski definition) is 2. The number of halogens is 1. The predicted molar refractivity (Wildman–Crippen MR) is 60.7 cm³/mol. The molecule has 0 saturated carbocycles. The molecule has 0 fully saturated rings. The first-order valence-electron chi connectivity index (χ1n) is 4.67. The lowest BCUT2D eigenvalue weighted by Gasteiger charge is -2.09. The average molecular weight is 222 g/mol. The van der Waals surface area contributed by atoms with E-state index in [0.29, 0.717) is 5.02 Å². The highest BCUT2D eigenvalue weighted by Crippen LogP contribution is 2.20. The molecule has 1 unspecified atom stereocenters. The molecule has 1 atom stereocenters. The summed E-state index contributed by atoms with van der Waals surface area (Å²) in [6, 6.07) is 9.22. The summed E-state index contributed by atoms with van der Waals surface area (Å²) in [6.07, 6.45) is 1.87. The smallest absolute Gasteiger partial charge is 0.0837 e. The van der Waals surface area contributed by atoms with Crippen LogP contribution in [0.25, 0.3) is 0 Å². The maximum Gasteiger partial charge on any atom is 0.0837 e. The highest BCUT2D eigenvalue weighted by molar-refractivity contribution is 6.30. The van der Waals surface area contributed by atoms with Crippen molar-refractivity contribution < 1.29 is 0 Å². The van der Waals surface area contributed by atoms with Gasteiger partial charge in [0.2, 0.25) is 0 Å². The molecule has 78 valence electrons. The summed E-state index contributed by atoms with van der Waals surface area (Å²) in [6.45, 7) is 0. The second-order valence-corrected chi connectivity index (χ2v) is 3.88. The molecule has 1 aromatic carbocycles. The van der Waals surface area contributed by atoms with Gasteiger partial charge in [0.15, 0.2) is 0 Å². The molecule has 0 aliphatic rings. The second kappa shape index (κ2) is 4.04. The van der Waals surface area contributed by atoms with Crippen molar-refractivity contribution in [3.63, 3.8) is 0 Å². The van der Waals surface area contributed by atoms with Crippen molar-refractivity contribution in [1.29, 1.82) is 0 Å². The zero-order chi connectivity index (χ0) is 10.8. The molecule has 15 heavy (non-hydrogen) atoms. The van der Waals surface area contributed by atoms with E-state index in [2.05, 4.69) is 5.10 Å². The molecular weight excluding hydrogens is 210 g/mol. The monoisotopic (exact) mass is 221 g/mol. The van der Waals surface area contributed by atoms with E-state index in [1.165, 1.54) is 0 Å². The van der Waals surface area contributed by atoms with E-state index in [9.17, 15) is 0 Å². The van der Waals surface area contributed by atoms with Crippen molar-refractivity contribution in [1.82, 2.24) is 9.78 Å². The number of hydrogen-bond donors (Lipinski definition) is 1. The van der Waals surface area contributed by atoms with Gasteiger partial charge in [0.25, 0.3) is 0 Å². The Morgan fingerprint density at radius 1 is 1.40 bits per heavy atom. The molecule has 2 N–H and O–H groups in total. The third-order valence-electron chi connectivity index (χ3n) is 2.26. The van der Waals surface area contributed by atoms with Gasteiger partial charge in [0, 0.05) is 18.3 Å². The third kappa shape index (κ3) is 2.19. The van der Waals surface area contributed by atoms with Crippen LogP contribution in [0.15, 0.2) is 36.5 Å². The van der Waals surface area contributed by atoms with E-state index in [0.717, 1.165) is 11.3 Å². The topological polar surface area (TPSA) is 43.8 Å². The lowest BCUT2D eigenvalue weighted by Crippen LogP contribution is -2.12. The van der Waals surface area contributed by atoms with Gasteiger partial charge in [-0.2, -0.15) is 5.10 Å². The Morgan fingerprint density at radius 3 is 2.80 bits per heavy atom. The largest absolute Gasteiger partial charge is 0.319 e. The number of aromatic nitrogens is 2. The highest BCUT2D eigenvalue weighted by atomic mass is 35.5. The van der Waals surface area contributed by atoms with Crippen molar-refractivity contribution in [2.75, 3.05) is 0 Å². The van der Waals surface area contributed by atoms with Gasteiger partial charge in [0.05, 0.1) is 11.7 Å². The van der Waals surface area contributed by atoms with Gasteiger partial charge in [-0.1, -0.05) is 23.7 Å². The van der Waals surface area contributed by atoms with E-state index in [1.807, 2.05) is 43.6 Å². The Morgan fingerprint density at radius 2 is 2.20 bits per heavy atom. The fraction of sp³-hybridized carbons (Fsp3) is 0.182. The Kier molecular flexibility index (Phi) is 2.75. The van der Waals surface area contributed by atoms with Crippen LogP contribution in [0.4, 0.5) is 0 Å². The van der Waals surface area contributed by atoms with Crippen molar-refractivity contribution in [2.45, 2.75) is 6.04 Å². The number of rotatable bonds is 2. The molecule has 4 heteroatoms. The van der Waals surface area contributed by atoms with E-state index in [1.54, 1.807) is 4.68 Å². The summed E-state index contributed by atoms with van der Waals surface area (Å²) in [7, 11) is 1.87.